The number of rotatable bonds is 0. The van der Waals surface area contributed by atoms with Gasteiger partial charge in [-0.3, -0.25) is 5.73 Å². The minimum Gasteiger partial charge on any atom is -1.00 e. The average molecular weight is 261 g/mol. The van der Waals surface area contributed by atoms with E-state index in [1.54, 1.807) is 6.26 Å². The van der Waals surface area contributed by atoms with Crippen LogP contribution in [-0.2, 0) is 0 Å². The van der Waals surface area contributed by atoms with Crippen molar-refractivity contribution >= 4 is 23.0 Å². The van der Waals surface area contributed by atoms with Gasteiger partial charge in [-0.1, -0.05) is 11.8 Å². The van der Waals surface area contributed by atoms with E-state index in [1.807, 2.05) is 0 Å². The molecule has 54 valence electrons. The summed E-state index contributed by atoms with van der Waals surface area (Å²) in [5.74, 6) is 0. The van der Waals surface area contributed by atoms with E-state index in [-0.39, 0.29) is 24.0 Å². The number of nitrogens with one attached hydrogen (secondary N) is 1. The van der Waals surface area contributed by atoms with Crippen LogP contribution in [0.2, 0.25) is 0 Å². The molecule has 0 aliphatic rings. The maximum atomic E-state index is 9.97. The van der Waals surface area contributed by atoms with E-state index in [4.69, 9.17) is 11.5 Å². The lowest BCUT2D eigenvalue weighted by Crippen LogP contribution is -3.00. The van der Waals surface area contributed by atoms with Gasteiger partial charge in [0.1, 0.15) is 0 Å². The summed E-state index contributed by atoms with van der Waals surface area (Å²) < 4.78 is 0. The van der Waals surface area contributed by atoms with E-state index in [9.17, 15) is 4.79 Å². The number of amidine groups is 1. The van der Waals surface area contributed by atoms with Gasteiger partial charge in [0.2, 0.25) is 0 Å². The third-order valence-corrected chi connectivity index (χ3v) is 1.01. The molecule has 0 unspecified atom stereocenters. The van der Waals surface area contributed by atoms with Gasteiger partial charge in [0.05, 0.1) is 0 Å². The molecule has 0 aromatic heterocycles. The number of urea groups is 1. The molecule has 2 amide bonds. The highest BCUT2D eigenvalue weighted by molar-refractivity contribution is 8.12. The fraction of sp³-hybridized carbons (Fsp3) is 0.333. The van der Waals surface area contributed by atoms with Gasteiger partial charge in [-0.05, 0) is 6.26 Å². The second-order valence-corrected chi connectivity index (χ2v) is 1.91. The molecule has 0 aromatic carbocycles. The van der Waals surface area contributed by atoms with Crippen LogP contribution in [0.4, 0.5) is 4.79 Å². The minimum absolute atomic E-state index is 0. The summed E-state index contributed by atoms with van der Waals surface area (Å²) in [7, 11) is 0. The summed E-state index contributed by atoms with van der Waals surface area (Å²) in [6, 6.07) is -0.628. The van der Waals surface area contributed by atoms with E-state index in [0.717, 1.165) is 0 Å². The van der Waals surface area contributed by atoms with Crippen molar-refractivity contribution in [2.45, 2.75) is 0 Å². The van der Waals surface area contributed by atoms with Gasteiger partial charge in [0.15, 0.2) is 0 Å². The number of primary amides is 1. The van der Waals surface area contributed by atoms with E-state index in [2.05, 4.69) is 4.99 Å². The van der Waals surface area contributed by atoms with Gasteiger partial charge < -0.3 is 29.7 Å². The molecule has 9 heavy (non-hydrogen) atoms. The Balaban J connectivity index is 0. The first-order valence-electron chi connectivity index (χ1n) is 1.89. The third-order valence-electron chi connectivity index (χ3n) is 0.466. The molecular weight excluding hydrogens is 253 g/mol. The molecule has 0 heterocycles. The van der Waals surface area contributed by atoms with Gasteiger partial charge in [-0.15, -0.1) is 0 Å². The Bertz CT molecular complexity index is 126. The summed E-state index contributed by atoms with van der Waals surface area (Å²) in [6.07, 6.45) is 1.74. The van der Waals surface area contributed by atoms with Crippen LogP contribution in [0.3, 0.4) is 0 Å². The van der Waals surface area contributed by atoms with Crippen molar-refractivity contribution in [3.05, 3.63) is 0 Å². The predicted octanol–water partition coefficient (Wildman–Crippen LogP) is -5.17. The summed E-state index contributed by atoms with van der Waals surface area (Å²) in [5.41, 5.74) is 9.85. The monoisotopic (exact) mass is 261 g/mol. The maximum Gasteiger partial charge on any atom is 0.432 e. The van der Waals surface area contributed by atoms with Crippen molar-refractivity contribution in [3.63, 3.8) is 0 Å². The molecule has 0 saturated heterocycles. The number of carbonyl (C=O) groups excluding carboxylic acids is 1. The van der Waals surface area contributed by atoms with E-state index in [0.29, 0.717) is 5.17 Å². The summed E-state index contributed by atoms with van der Waals surface area (Å²) in [5, 5.41) is 0.317. The summed E-state index contributed by atoms with van der Waals surface area (Å²) in [6.45, 7) is 0. The fourth-order valence-corrected chi connectivity index (χ4v) is 0.375. The molecule has 0 bridgehead atoms. The molecule has 0 aliphatic carbocycles. The molecule has 0 fully saturated rings. The zero-order chi connectivity index (χ0) is 6.57. The van der Waals surface area contributed by atoms with Gasteiger partial charge in [0, 0.05) is 0 Å². The van der Waals surface area contributed by atoms with Crippen LogP contribution < -0.4 is 40.4 Å². The molecule has 0 radical (unpaired) electrons. The van der Waals surface area contributed by atoms with Gasteiger partial charge in [0.25, 0.3) is 5.17 Å². The lowest BCUT2D eigenvalue weighted by Gasteiger charge is -1.82. The number of carbonyl (C=O) groups is 1. The Hall–Kier alpha value is 0.0200. The van der Waals surface area contributed by atoms with Crippen LogP contribution >= 0.6 is 11.8 Å². The average Bonchev–Trinajstić information content (AvgIpc) is 1.65. The Morgan fingerprint density at radius 3 is 2.11 bits per heavy atom. The highest BCUT2D eigenvalue weighted by Crippen LogP contribution is 1.80. The zero-order valence-electron chi connectivity index (χ0n) is 4.85. The summed E-state index contributed by atoms with van der Waals surface area (Å²) in [4.78, 5) is 12.2. The second kappa shape index (κ2) is 6.14. The van der Waals surface area contributed by atoms with Crippen LogP contribution in [-0.4, -0.2) is 17.5 Å². The Morgan fingerprint density at radius 2 is 2.00 bits per heavy atom. The number of nitrogens with two attached hydrogens (primary N) is 2. The SMILES string of the molecule is CS/C(N)=[NH+]\C(N)=O.[I-]. The van der Waals surface area contributed by atoms with Gasteiger partial charge >= 0.3 is 6.03 Å². The first-order chi connectivity index (χ1) is 3.66. The van der Waals surface area contributed by atoms with Crippen LogP contribution in [0.5, 0.6) is 0 Å². The zero-order valence-corrected chi connectivity index (χ0v) is 7.82. The number of thioether (sulfide) groups is 1. The standard InChI is InChI=1S/C3H7N3OS.HI/c1-8-3(5)6-2(4)7;/h1H3,(H4,4,5,6,7);1H. The van der Waals surface area contributed by atoms with Crippen LogP contribution in [0.1, 0.15) is 0 Å². The summed E-state index contributed by atoms with van der Waals surface area (Å²) >= 11 is 1.24. The molecule has 0 aromatic rings. The van der Waals surface area contributed by atoms with Crippen LogP contribution in [0, 0.1) is 0 Å². The first kappa shape index (κ1) is 11.8. The van der Waals surface area contributed by atoms with Crippen LogP contribution in [0.25, 0.3) is 0 Å². The lowest BCUT2D eigenvalue weighted by atomic mass is 11.1. The van der Waals surface area contributed by atoms with Crippen LogP contribution in [0.15, 0.2) is 0 Å². The van der Waals surface area contributed by atoms with Crippen molar-refractivity contribution in [2.24, 2.45) is 11.5 Å². The topological polar surface area (TPSA) is 83.1 Å². The highest BCUT2D eigenvalue weighted by Gasteiger charge is 1.93. The maximum absolute atomic E-state index is 9.97. The molecule has 4 nitrogen and oxygen atoms in total. The van der Waals surface area contributed by atoms with Gasteiger partial charge in [-0.25, -0.2) is 9.79 Å². The molecule has 0 atom stereocenters. The normalized spacial score (nSPS) is 10.1. The van der Waals surface area contributed by atoms with Crippen molar-refractivity contribution in [1.29, 1.82) is 0 Å². The molecule has 5 N–H and O–H groups in total. The Labute approximate surface area is 74.5 Å². The van der Waals surface area contributed by atoms with Crippen molar-refractivity contribution in [3.8, 4) is 0 Å². The highest BCUT2D eigenvalue weighted by atomic mass is 127. The lowest BCUT2D eigenvalue weighted by molar-refractivity contribution is -0.337. The first-order valence-corrected chi connectivity index (χ1v) is 3.12. The smallest absolute Gasteiger partial charge is 0.432 e. The molecular formula is C3H8IN3OS. The number of hydrogen-bond donors (Lipinski definition) is 3. The predicted molar refractivity (Wildman–Crippen MR) is 33.3 cm³/mol. The number of halogens is 1. The van der Waals surface area contributed by atoms with Crippen molar-refractivity contribution in [1.82, 2.24) is 0 Å². The number of hydrogen-bond acceptors (Lipinski definition) is 2. The Kier molecular flexibility index (Phi) is 8.04. The molecule has 0 saturated carbocycles. The van der Waals surface area contributed by atoms with Crippen molar-refractivity contribution in [2.75, 3.05) is 6.26 Å². The minimum atomic E-state index is -0.628. The Morgan fingerprint density at radius 1 is 1.56 bits per heavy atom. The molecule has 0 aliphatic heterocycles. The number of amides is 2. The van der Waals surface area contributed by atoms with E-state index in [1.165, 1.54) is 11.8 Å². The second-order valence-electron chi connectivity index (χ2n) is 1.06. The van der Waals surface area contributed by atoms with E-state index < -0.39 is 6.03 Å². The fourth-order valence-electron chi connectivity index (χ4n) is 0.172. The molecule has 6 heteroatoms. The van der Waals surface area contributed by atoms with E-state index >= 15 is 0 Å². The third kappa shape index (κ3) is 8.02. The molecule has 0 rings (SSSR count). The van der Waals surface area contributed by atoms with Crippen molar-refractivity contribution < 1.29 is 33.8 Å². The van der Waals surface area contributed by atoms with Gasteiger partial charge in [-0.2, -0.15) is 0 Å². The molecule has 0 spiro atoms. The largest absolute Gasteiger partial charge is 1.00 e. The quantitative estimate of drug-likeness (QED) is 0.232.